The van der Waals surface area contributed by atoms with Crippen molar-refractivity contribution in [1.82, 2.24) is 5.32 Å². The topological polar surface area (TPSA) is 72.2 Å². The molecule has 0 heterocycles. The maximum atomic E-state index is 12.1. The molecule has 0 unspecified atom stereocenters. The zero-order valence-corrected chi connectivity index (χ0v) is 11.0. The van der Waals surface area contributed by atoms with Gasteiger partial charge in [-0.25, -0.2) is 0 Å². The van der Waals surface area contributed by atoms with Crippen LogP contribution in [0, 0.1) is 17.0 Å². The van der Waals surface area contributed by atoms with E-state index in [1.165, 1.54) is 12.1 Å². The summed E-state index contributed by atoms with van der Waals surface area (Å²) >= 11 is 0. The quantitative estimate of drug-likeness (QED) is 0.685. The average molecular weight is 270 g/mol. The molecule has 0 radical (unpaired) electrons. The van der Waals surface area contributed by atoms with Crippen molar-refractivity contribution < 1.29 is 9.72 Å². The number of hydrogen-bond acceptors (Lipinski definition) is 3. The number of amides is 1. The highest BCUT2D eigenvalue weighted by Crippen LogP contribution is 2.20. The van der Waals surface area contributed by atoms with Crippen LogP contribution in [-0.4, -0.2) is 10.8 Å². The third kappa shape index (κ3) is 3.00. The Labute approximate surface area is 116 Å². The van der Waals surface area contributed by atoms with E-state index in [0.717, 1.165) is 5.56 Å². The maximum absolute atomic E-state index is 12.1. The standard InChI is InChI=1S/C15H14N2O3/c1-11-13(8-5-9-14(11)17(19)20)15(18)16-10-12-6-3-2-4-7-12/h2-9H,10H2,1H3,(H,16,18). The Morgan fingerprint density at radius 2 is 1.85 bits per heavy atom. The van der Waals surface area contributed by atoms with Gasteiger partial charge in [-0.05, 0) is 18.6 Å². The zero-order valence-electron chi connectivity index (χ0n) is 11.0. The van der Waals surface area contributed by atoms with Crippen molar-refractivity contribution in [2.75, 3.05) is 0 Å². The third-order valence-corrected chi connectivity index (χ3v) is 3.04. The number of rotatable bonds is 4. The summed E-state index contributed by atoms with van der Waals surface area (Å²) in [6.07, 6.45) is 0. The number of nitro benzene ring substituents is 1. The van der Waals surface area contributed by atoms with E-state index in [-0.39, 0.29) is 11.6 Å². The van der Waals surface area contributed by atoms with Crippen LogP contribution in [0.15, 0.2) is 48.5 Å². The summed E-state index contributed by atoms with van der Waals surface area (Å²) in [7, 11) is 0. The molecule has 2 rings (SSSR count). The Balaban J connectivity index is 2.14. The fourth-order valence-corrected chi connectivity index (χ4v) is 1.94. The molecule has 0 aromatic heterocycles. The number of nitrogens with zero attached hydrogens (tertiary/aromatic N) is 1. The lowest BCUT2D eigenvalue weighted by Crippen LogP contribution is -2.23. The van der Waals surface area contributed by atoms with Gasteiger partial charge in [0.2, 0.25) is 0 Å². The average Bonchev–Trinajstić information content (AvgIpc) is 2.46. The molecule has 0 spiro atoms. The Kier molecular flexibility index (Phi) is 4.10. The molecule has 0 saturated carbocycles. The summed E-state index contributed by atoms with van der Waals surface area (Å²) in [4.78, 5) is 22.4. The second-order valence-electron chi connectivity index (χ2n) is 4.38. The summed E-state index contributed by atoms with van der Waals surface area (Å²) in [6, 6.07) is 14.0. The van der Waals surface area contributed by atoms with Crippen LogP contribution >= 0.6 is 0 Å². The molecule has 102 valence electrons. The van der Waals surface area contributed by atoms with Crippen molar-refractivity contribution >= 4 is 11.6 Å². The van der Waals surface area contributed by atoms with Crippen LogP contribution in [0.1, 0.15) is 21.5 Å². The molecular formula is C15H14N2O3. The molecule has 0 atom stereocenters. The van der Waals surface area contributed by atoms with E-state index in [2.05, 4.69) is 5.32 Å². The van der Waals surface area contributed by atoms with Crippen LogP contribution in [0.3, 0.4) is 0 Å². The van der Waals surface area contributed by atoms with E-state index >= 15 is 0 Å². The number of carbonyl (C=O) groups is 1. The highest BCUT2D eigenvalue weighted by molar-refractivity contribution is 5.96. The Hall–Kier alpha value is -2.69. The SMILES string of the molecule is Cc1c(C(=O)NCc2ccccc2)cccc1[N+](=O)[O-]. The van der Waals surface area contributed by atoms with Crippen LogP contribution in [0.25, 0.3) is 0 Å². The molecule has 2 aromatic carbocycles. The molecule has 0 aliphatic heterocycles. The first kappa shape index (κ1) is 13.7. The Bertz CT molecular complexity index is 639. The summed E-state index contributed by atoms with van der Waals surface area (Å²) in [5, 5.41) is 13.6. The summed E-state index contributed by atoms with van der Waals surface area (Å²) in [5.41, 5.74) is 1.64. The molecule has 2 aromatic rings. The zero-order chi connectivity index (χ0) is 14.5. The van der Waals surface area contributed by atoms with Crippen molar-refractivity contribution in [3.63, 3.8) is 0 Å². The number of nitro groups is 1. The fourth-order valence-electron chi connectivity index (χ4n) is 1.94. The smallest absolute Gasteiger partial charge is 0.273 e. The minimum atomic E-state index is -0.483. The van der Waals surface area contributed by atoms with Gasteiger partial charge in [0.15, 0.2) is 0 Å². The van der Waals surface area contributed by atoms with Crippen molar-refractivity contribution in [1.29, 1.82) is 0 Å². The second-order valence-corrected chi connectivity index (χ2v) is 4.38. The molecule has 0 aliphatic carbocycles. The molecule has 20 heavy (non-hydrogen) atoms. The maximum Gasteiger partial charge on any atom is 0.273 e. The lowest BCUT2D eigenvalue weighted by Gasteiger charge is -2.08. The highest BCUT2D eigenvalue weighted by Gasteiger charge is 2.17. The number of benzene rings is 2. The van der Waals surface area contributed by atoms with Gasteiger partial charge in [0.1, 0.15) is 0 Å². The van der Waals surface area contributed by atoms with Gasteiger partial charge in [-0.15, -0.1) is 0 Å². The molecule has 1 amide bonds. The predicted molar refractivity (Wildman–Crippen MR) is 75.4 cm³/mol. The first-order valence-corrected chi connectivity index (χ1v) is 6.15. The molecule has 0 aliphatic rings. The summed E-state index contributed by atoms with van der Waals surface area (Å²) in [6.45, 7) is 1.97. The molecule has 0 fully saturated rings. The Morgan fingerprint density at radius 1 is 1.15 bits per heavy atom. The molecule has 0 bridgehead atoms. The summed E-state index contributed by atoms with van der Waals surface area (Å²) < 4.78 is 0. The van der Waals surface area contributed by atoms with Crippen LogP contribution in [0.2, 0.25) is 0 Å². The van der Waals surface area contributed by atoms with Gasteiger partial charge in [-0.1, -0.05) is 36.4 Å². The van der Waals surface area contributed by atoms with Crippen molar-refractivity contribution in [3.8, 4) is 0 Å². The minimum Gasteiger partial charge on any atom is -0.348 e. The van der Waals surface area contributed by atoms with Crippen molar-refractivity contribution in [3.05, 3.63) is 75.3 Å². The highest BCUT2D eigenvalue weighted by atomic mass is 16.6. The third-order valence-electron chi connectivity index (χ3n) is 3.04. The minimum absolute atomic E-state index is 0.0441. The van der Waals surface area contributed by atoms with E-state index in [1.54, 1.807) is 13.0 Å². The fraction of sp³-hybridized carbons (Fsp3) is 0.133. The number of hydrogen-bond donors (Lipinski definition) is 1. The van der Waals surface area contributed by atoms with E-state index in [9.17, 15) is 14.9 Å². The molecule has 5 heteroatoms. The van der Waals surface area contributed by atoms with E-state index in [0.29, 0.717) is 17.7 Å². The molecular weight excluding hydrogens is 256 g/mol. The van der Waals surface area contributed by atoms with Crippen molar-refractivity contribution in [2.45, 2.75) is 13.5 Å². The number of nitrogens with one attached hydrogen (secondary N) is 1. The van der Waals surface area contributed by atoms with Gasteiger partial charge in [0.25, 0.3) is 11.6 Å². The van der Waals surface area contributed by atoms with Gasteiger partial charge in [-0.2, -0.15) is 0 Å². The largest absolute Gasteiger partial charge is 0.348 e. The number of carbonyl (C=O) groups excluding carboxylic acids is 1. The Morgan fingerprint density at radius 3 is 2.50 bits per heavy atom. The lowest BCUT2D eigenvalue weighted by atomic mass is 10.1. The molecule has 0 saturated heterocycles. The molecule has 5 nitrogen and oxygen atoms in total. The van der Waals surface area contributed by atoms with Gasteiger partial charge in [-0.3, -0.25) is 14.9 Å². The molecule has 1 N–H and O–H groups in total. The van der Waals surface area contributed by atoms with Crippen LogP contribution in [0.4, 0.5) is 5.69 Å². The normalized spacial score (nSPS) is 10.1. The van der Waals surface area contributed by atoms with E-state index in [4.69, 9.17) is 0 Å². The van der Waals surface area contributed by atoms with Gasteiger partial charge in [0.05, 0.1) is 4.92 Å². The van der Waals surface area contributed by atoms with Crippen molar-refractivity contribution in [2.24, 2.45) is 0 Å². The van der Waals surface area contributed by atoms with E-state index < -0.39 is 4.92 Å². The van der Waals surface area contributed by atoms with Gasteiger partial charge in [0, 0.05) is 23.7 Å². The first-order valence-electron chi connectivity index (χ1n) is 6.15. The van der Waals surface area contributed by atoms with Crippen LogP contribution in [-0.2, 0) is 6.54 Å². The second kappa shape index (κ2) is 5.97. The first-order chi connectivity index (χ1) is 9.59. The van der Waals surface area contributed by atoms with Crippen LogP contribution < -0.4 is 5.32 Å². The van der Waals surface area contributed by atoms with Crippen LogP contribution in [0.5, 0.6) is 0 Å². The lowest BCUT2D eigenvalue weighted by molar-refractivity contribution is -0.385. The van der Waals surface area contributed by atoms with Gasteiger partial charge >= 0.3 is 0 Å². The predicted octanol–water partition coefficient (Wildman–Crippen LogP) is 2.83. The van der Waals surface area contributed by atoms with E-state index in [1.807, 2.05) is 30.3 Å². The monoisotopic (exact) mass is 270 g/mol. The summed E-state index contributed by atoms with van der Waals surface area (Å²) in [5.74, 6) is -0.310. The van der Waals surface area contributed by atoms with Gasteiger partial charge < -0.3 is 5.32 Å².